The lowest BCUT2D eigenvalue weighted by Gasteiger charge is -2.06. The normalized spacial score (nSPS) is 10.7. The van der Waals surface area contributed by atoms with Gasteiger partial charge in [0.25, 0.3) is 0 Å². The monoisotopic (exact) mass is 320 g/mol. The first kappa shape index (κ1) is 18.5. The lowest BCUT2D eigenvalue weighted by molar-refractivity contribution is 0.607. The first-order valence-electron chi connectivity index (χ1n) is 9.62. The Labute approximate surface area is 148 Å². The van der Waals surface area contributed by atoms with Crippen LogP contribution in [0.4, 0.5) is 0 Å². The first-order valence-corrected chi connectivity index (χ1v) is 9.62. The zero-order valence-electron chi connectivity index (χ0n) is 15.3. The standard InChI is InChI=1S/C24H32/c1-3-5-7-8-9-10-12-22-15-19-24(20-16-22)23-17-13-21(14-18-23)11-6-4-2/h4,13-20H,2-3,5-12H2,1H3. The second-order valence-corrected chi connectivity index (χ2v) is 6.74. The third-order valence-electron chi connectivity index (χ3n) is 4.70. The molecule has 0 saturated carbocycles. The first-order chi connectivity index (χ1) is 11.8. The summed E-state index contributed by atoms with van der Waals surface area (Å²) in [6.07, 6.45) is 13.5. The molecule has 0 spiro atoms. The summed E-state index contributed by atoms with van der Waals surface area (Å²) in [5.74, 6) is 0. The average Bonchev–Trinajstić information content (AvgIpc) is 2.64. The van der Waals surface area contributed by atoms with Crippen LogP contribution in [0.5, 0.6) is 0 Å². The Balaban J connectivity index is 1.81. The molecule has 2 aromatic rings. The summed E-state index contributed by atoms with van der Waals surface area (Å²) < 4.78 is 0. The fourth-order valence-corrected chi connectivity index (χ4v) is 3.11. The van der Waals surface area contributed by atoms with Crippen molar-refractivity contribution in [3.8, 4) is 11.1 Å². The van der Waals surface area contributed by atoms with Gasteiger partial charge in [-0.2, -0.15) is 0 Å². The summed E-state index contributed by atoms with van der Waals surface area (Å²) in [5, 5.41) is 0. The zero-order chi connectivity index (χ0) is 17.0. The van der Waals surface area contributed by atoms with Gasteiger partial charge in [-0.3, -0.25) is 0 Å². The van der Waals surface area contributed by atoms with Crippen molar-refractivity contribution in [2.75, 3.05) is 0 Å². The topological polar surface area (TPSA) is 0 Å². The maximum absolute atomic E-state index is 3.79. The fourth-order valence-electron chi connectivity index (χ4n) is 3.11. The number of benzene rings is 2. The molecule has 0 atom stereocenters. The van der Waals surface area contributed by atoms with Crippen LogP contribution in [0, 0.1) is 0 Å². The van der Waals surface area contributed by atoms with Crippen molar-refractivity contribution in [3.63, 3.8) is 0 Å². The molecule has 0 saturated heterocycles. The summed E-state index contributed by atoms with van der Waals surface area (Å²) in [5.41, 5.74) is 5.48. The molecule has 0 radical (unpaired) electrons. The molecular formula is C24H32. The van der Waals surface area contributed by atoms with Gasteiger partial charge in [-0.05, 0) is 47.9 Å². The van der Waals surface area contributed by atoms with Crippen molar-refractivity contribution in [1.29, 1.82) is 0 Å². The van der Waals surface area contributed by atoms with E-state index in [9.17, 15) is 0 Å². The largest absolute Gasteiger partial charge is 0.103 e. The van der Waals surface area contributed by atoms with Crippen molar-refractivity contribution >= 4 is 0 Å². The summed E-state index contributed by atoms with van der Waals surface area (Å²) in [7, 11) is 0. The maximum atomic E-state index is 3.79. The summed E-state index contributed by atoms with van der Waals surface area (Å²) in [6.45, 7) is 6.06. The quantitative estimate of drug-likeness (QED) is 0.299. The molecule has 128 valence electrons. The van der Waals surface area contributed by atoms with E-state index in [2.05, 4.69) is 62.0 Å². The average molecular weight is 321 g/mol. The van der Waals surface area contributed by atoms with Gasteiger partial charge in [-0.1, -0.05) is 93.6 Å². The number of unbranched alkanes of at least 4 members (excludes halogenated alkanes) is 5. The van der Waals surface area contributed by atoms with E-state index in [0.717, 1.165) is 12.8 Å². The molecule has 0 nitrogen and oxygen atoms in total. The van der Waals surface area contributed by atoms with Gasteiger partial charge in [-0.15, -0.1) is 6.58 Å². The predicted molar refractivity (Wildman–Crippen MR) is 107 cm³/mol. The Bertz CT molecular complexity index is 574. The van der Waals surface area contributed by atoms with Gasteiger partial charge in [0, 0.05) is 0 Å². The van der Waals surface area contributed by atoms with E-state index in [1.165, 1.54) is 67.2 Å². The van der Waals surface area contributed by atoms with Crippen molar-refractivity contribution in [2.24, 2.45) is 0 Å². The van der Waals surface area contributed by atoms with Gasteiger partial charge in [0.15, 0.2) is 0 Å². The molecule has 0 aliphatic rings. The molecule has 0 aliphatic carbocycles. The van der Waals surface area contributed by atoms with Gasteiger partial charge >= 0.3 is 0 Å². The molecule has 0 aliphatic heterocycles. The van der Waals surface area contributed by atoms with Crippen LogP contribution >= 0.6 is 0 Å². The minimum Gasteiger partial charge on any atom is -0.103 e. The molecule has 0 N–H and O–H groups in total. The van der Waals surface area contributed by atoms with Gasteiger partial charge in [0.05, 0.1) is 0 Å². The van der Waals surface area contributed by atoms with Crippen LogP contribution in [0.15, 0.2) is 61.2 Å². The Hall–Kier alpha value is -1.82. The van der Waals surface area contributed by atoms with Gasteiger partial charge in [0.1, 0.15) is 0 Å². The van der Waals surface area contributed by atoms with Crippen molar-refractivity contribution in [2.45, 2.75) is 64.7 Å². The van der Waals surface area contributed by atoms with E-state index >= 15 is 0 Å². The van der Waals surface area contributed by atoms with Gasteiger partial charge < -0.3 is 0 Å². The van der Waals surface area contributed by atoms with E-state index in [1.54, 1.807) is 0 Å². The second-order valence-electron chi connectivity index (χ2n) is 6.74. The highest BCUT2D eigenvalue weighted by molar-refractivity contribution is 5.63. The second kappa shape index (κ2) is 10.9. The third kappa shape index (κ3) is 6.35. The number of allylic oxidation sites excluding steroid dienone is 1. The van der Waals surface area contributed by atoms with E-state index in [0.29, 0.717) is 0 Å². The molecule has 24 heavy (non-hydrogen) atoms. The minimum absolute atomic E-state index is 1.05. The van der Waals surface area contributed by atoms with Crippen molar-refractivity contribution in [1.82, 2.24) is 0 Å². The zero-order valence-corrected chi connectivity index (χ0v) is 15.3. The van der Waals surface area contributed by atoms with Crippen LogP contribution in [-0.2, 0) is 12.8 Å². The van der Waals surface area contributed by atoms with E-state index < -0.39 is 0 Å². The Morgan fingerprint density at radius 3 is 1.71 bits per heavy atom. The maximum Gasteiger partial charge on any atom is -0.0184 e. The summed E-state index contributed by atoms with van der Waals surface area (Å²) in [4.78, 5) is 0. The van der Waals surface area contributed by atoms with Crippen molar-refractivity contribution in [3.05, 3.63) is 72.3 Å². The lowest BCUT2D eigenvalue weighted by Crippen LogP contribution is -1.87. The van der Waals surface area contributed by atoms with Gasteiger partial charge in [-0.25, -0.2) is 0 Å². The Morgan fingerprint density at radius 2 is 1.17 bits per heavy atom. The van der Waals surface area contributed by atoms with Crippen LogP contribution in [0.25, 0.3) is 11.1 Å². The molecule has 0 aromatic heterocycles. The van der Waals surface area contributed by atoms with Crippen LogP contribution in [0.1, 0.15) is 63.0 Å². The van der Waals surface area contributed by atoms with Crippen LogP contribution in [0.3, 0.4) is 0 Å². The number of hydrogen-bond acceptors (Lipinski definition) is 0. The molecule has 0 heteroatoms. The van der Waals surface area contributed by atoms with Crippen LogP contribution in [-0.4, -0.2) is 0 Å². The Kier molecular flexibility index (Phi) is 8.38. The SMILES string of the molecule is C=CCCc1ccc(-c2ccc(CCCCCCCC)cc2)cc1. The van der Waals surface area contributed by atoms with Crippen molar-refractivity contribution < 1.29 is 0 Å². The number of rotatable bonds is 11. The number of aryl methyl sites for hydroxylation is 2. The molecule has 0 bridgehead atoms. The highest BCUT2D eigenvalue weighted by atomic mass is 14.0. The van der Waals surface area contributed by atoms with E-state index in [4.69, 9.17) is 0 Å². The van der Waals surface area contributed by atoms with Gasteiger partial charge in [0.2, 0.25) is 0 Å². The van der Waals surface area contributed by atoms with E-state index in [-0.39, 0.29) is 0 Å². The van der Waals surface area contributed by atoms with Crippen LogP contribution < -0.4 is 0 Å². The summed E-state index contributed by atoms with van der Waals surface area (Å²) >= 11 is 0. The molecule has 2 aromatic carbocycles. The molecular weight excluding hydrogens is 288 g/mol. The predicted octanol–water partition coefficient (Wildman–Crippen LogP) is 7.38. The smallest absolute Gasteiger partial charge is 0.0184 e. The fraction of sp³-hybridized carbons (Fsp3) is 0.417. The highest BCUT2D eigenvalue weighted by Gasteiger charge is 2.00. The molecule has 0 fully saturated rings. The third-order valence-corrected chi connectivity index (χ3v) is 4.70. The lowest BCUT2D eigenvalue weighted by atomic mass is 9.99. The van der Waals surface area contributed by atoms with Crippen LogP contribution in [0.2, 0.25) is 0 Å². The van der Waals surface area contributed by atoms with E-state index in [1.807, 2.05) is 6.08 Å². The highest BCUT2D eigenvalue weighted by Crippen LogP contribution is 2.21. The molecule has 0 amide bonds. The summed E-state index contributed by atoms with van der Waals surface area (Å²) in [6, 6.07) is 18.1. The number of hydrogen-bond donors (Lipinski definition) is 0. The minimum atomic E-state index is 1.05. The molecule has 0 heterocycles. The molecule has 0 unspecified atom stereocenters. The molecule has 2 rings (SSSR count). The Morgan fingerprint density at radius 1 is 0.667 bits per heavy atom.